The summed E-state index contributed by atoms with van der Waals surface area (Å²) in [6.45, 7) is 2.09. The topological polar surface area (TPSA) is 87.4 Å². The molecule has 0 aromatic heterocycles. The van der Waals surface area contributed by atoms with Crippen LogP contribution in [0.4, 0.5) is 4.39 Å². The third-order valence-electron chi connectivity index (χ3n) is 12.6. The predicted molar refractivity (Wildman–Crippen MR) is 147 cm³/mol. The molecule has 5 saturated carbocycles. The standard InChI is InChI=1S/C33H50FNO4/c1-2-39-29(38)30(24-13-9-10-14-24)21-22-32(34,28(36)37)31(23-35,25-15-5-3-6-16-25)33(30,27-19-11-12-20-27)26-17-7-4-8-18-26/h24-27H,2-22H2,1H3,(H,36,37). The van der Waals surface area contributed by atoms with E-state index in [0.29, 0.717) is 12.8 Å². The van der Waals surface area contributed by atoms with Gasteiger partial charge in [0.05, 0.1) is 18.1 Å². The van der Waals surface area contributed by atoms with Gasteiger partial charge in [-0.25, -0.2) is 9.18 Å². The van der Waals surface area contributed by atoms with Crippen LogP contribution in [0, 0.1) is 51.2 Å². The van der Waals surface area contributed by atoms with Crippen LogP contribution >= 0.6 is 0 Å². The molecule has 0 saturated heterocycles. The fraction of sp³-hybridized carbons (Fsp3) is 0.909. The summed E-state index contributed by atoms with van der Waals surface area (Å²) in [7, 11) is 0. The van der Waals surface area contributed by atoms with E-state index in [1.807, 2.05) is 6.92 Å². The van der Waals surface area contributed by atoms with Crippen molar-refractivity contribution in [3.8, 4) is 6.07 Å². The molecule has 5 fully saturated rings. The van der Waals surface area contributed by atoms with E-state index in [4.69, 9.17) is 4.74 Å². The number of rotatable bonds is 7. The Morgan fingerprint density at radius 2 is 1.21 bits per heavy atom. The molecule has 0 bridgehead atoms. The van der Waals surface area contributed by atoms with E-state index in [1.54, 1.807) is 0 Å². The van der Waals surface area contributed by atoms with Crippen molar-refractivity contribution in [1.29, 1.82) is 5.26 Å². The molecule has 1 N–H and O–H groups in total. The lowest BCUT2D eigenvalue weighted by Crippen LogP contribution is -2.77. The van der Waals surface area contributed by atoms with Crippen molar-refractivity contribution in [2.45, 2.75) is 141 Å². The van der Waals surface area contributed by atoms with E-state index in [-0.39, 0.29) is 49.1 Å². The molecule has 4 unspecified atom stereocenters. The maximum absolute atomic E-state index is 18.0. The van der Waals surface area contributed by atoms with E-state index >= 15 is 4.39 Å². The number of ether oxygens (including phenoxy) is 1. The minimum atomic E-state index is -2.67. The van der Waals surface area contributed by atoms with Gasteiger partial charge < -0.3 is 9.84 Å². The maximum Gasteiger partial charge on any atom is 0.343 e. The summed E-state index contributed by atoms with van der Waals surface area (Å²) >= 11 is 0. The largest absolute Gasteiger partial charge is 0.479 e. The molecule has 39 heavy (non-hydrogen) atoms. The van der Waals surface area contributed by atoms with Gasteiger partial charge in [0.25, 0.3) is 0 Å². The monoisotopic (exact) mass is 543 g/mol. The molecule has 5 rings (SSSR count). The van der Waals surface area contributed by atoms with Crippen molar-refractivity contribution >= 4 is 11.9 Å². The average molecular weight is 544 g/mol. The van der Waals surface area contributed by atoms with Crippen LogP contribution in [0.1, 0.15) is 135 Å². The summed E-state index contributed by atoms with van der Waals surface area (Å²) in [5.41, 5.74) is -6.44. The predicted octanol–water partition coefficient (Wildman–Crippen LogP) is 8.16. The van der Waals surface area contributed by atoms with Crippen molar-refractivity contribution in [2.75, 3.05) is 6.61 Å². The summed E-state index contributed by atoms with van der Waals surface area (Å²) in [6, 6.07) is 2.64. The highest BCUT2D eigenvalue weighted by molar-refractivity contribution is 5.84. The summed E-state index contributed by atoms with van der Waals surface area (Å²) in [5, 5.41) is 22.4. The number of hydrogen-bond donors (Lipinski definition) is 1. The molecule has 0 aliphatic heterocycles. The van der Waals surface area contributed by atoms with Crippen LogP contribution in [-0.4, -0.2) is 29.3 Å². The lowest BCUT2D eigenvalue weighted by atomic mass is 9.29. The number of alkyl halides is 1. The van der Waals surface area contributed by atoms with Crippen LogP contribution in [0.15, 0.2) is 0 Å². The number of carbonyl (C=O) groups is 2. The zero-order chi connectivity index (χ0) is 27.7. The minimum absolute atomic E-state index is 0.0220. The number of carboxylic acid groups (broad SMARTS) is 1. The molecule has 5 aliphatic rings. The number of esters is 1. The summed E-state index contributed by atoms with van der Waals surface area (Å²) in [5.74, 6) is -2.10. The normalized spacial score (nSPS) is 39.4. The van der Waals surface area contributed by atoms with Crippen LogP contribution in [0.5, 0.6) is 0 Å². The SMILES string of the molecule is CCOC(=O)C1(C2CCCC2)CCC(F)(C(=O)O)C(C#N)(C2CCCCC2)C1(C1CCCCC1)C1CCCC1. The van der Waals surface area contributed by atoms with Crippen molar-refractivity contribution in [2.24, 2.45) is 39.9 Å². The third-order valence-corrected chi connectivity index (χ3v) is 12.6. The number of nitriles is 1. The molecule has 0 amide bonds. The fourth-order valence-electron chi connectivity index (χ4n) is 11.5. The Bertz CT molecular complexity index is 940. The second kappa shape index (κ2) is 11.3. The van der Waals surface area contributed by atoms with E-state index in [1.165, 1.54) is 0 Å². The van der Waals surface area contributed by atoms with Gasteiger partial charge in [0.1, 0.15) is 5.41 Å². The first-order valence-electron chi connectivity index (χ1n) is 16.4. The lowest BCUT2D eigenvalue weighted by molar-refractivity contribution is -0.280. The number of carboxylic acids is 1. The first-order valence-corrected chi connectivity index (χ1v) is 16.4. The zero-order valence-electron chi connectivity index (χ0n) is 24.2. The molecular formula is C33H50FNO4. The van der Waals surface area contributed by atoms with Crippen LogP contribution in [0.25, 0.3) is 0 Å². The molecule has 5 nitrogen and oxygen atoms in total. The molecule has 0 radical (unpaired) electrons. The first-order chi connectivity index (χ1) is 18.9. The lowest BCUT2D eigenvalue weighted by Gasteiger charge is -2.71. The van der Waals surface area contributed by atoms with Gasteiger partial charge in [-0.05, 0) is 94.8 Å². The third kappa shape index (κ3) is 3.94. The molecule has 0 spiro atoms. The van der Waals surface area contributed by atoms with E-state index in [9.17, 15) is 20.0 Å². The number of nitrogens with zero attached hydrogens (tertiary/aromatic N) is 1. The second-order valence-electron chi connectivity index (χ2n) is 13.7. The van der Waals surface area contributed by atoms with Crippen LogP contribution in [0.3, 0.4) is 0 Å². The molecule has 5 aliphatic carbocycles. The Kier molecular flexibility index (Phi) is 8.38. The van der Waals surface area contributed by atoms with Crippen molar-refractivity contribution in [1.82, 2.24) is 0 Å². The zero-order valence-corrected chi connectivity index (χ0v) is 24.2. The van der Waals surface area contributed by atoms with Gasteiger partial charge in [0.15, 0.2) is 0 Å². The Labute approximate surface area is 234 Å². The minimum Gasteiger partial charge on any atom is -0.479 e. The molecule has 0 heterocycles. The van der Waals surface area contributed by atoms with E-state index in [0.717, 1.165) is 103 Å². The van der Waals surface area contributed by atoms with Gasteiger partial charge in [-0.1, -0.05) is 64.2 Å². The molecule has 6 heteroatoms. The van der Waals surface area contributed by atoms with Gasteiger partial charge in [0, 0.05) is 5.41 Å². The van der Waals surface area contributed by atoms with Crippen LogP contribution in [0.2, 0.25) is 0 Å². The fourth-order valence-corrected chi connectivity index (χ4v) is 11.5. The highest BCUT2D eigenvalue weighted by Gasteiger charge is 2.84. The highest BCUT2D eigenvalue weighted by Crippen LogP contribution is 2.79. The molecule has 0 aromatic rings. The number of carbonyl (C=O) groups excluding carboxylic acids is 1. The second-order valence-corrected chi connectivity index (χ2v) is 13.7. The molecule has 0 aromatic carbocycles. The summed E-state index contributed by atoms with van der Waals surface area (Å²) in [4.78, 5) is 28.1. The molecule has 218 valence electrons. The van der Waals surface area contributed by atoms with Crippen molar-refractivity contribution < 1.29 is 23.8 Å². The first kappa shape index (κ1) is 28.9. The summed E-state index contributed by atoms with van der Waals surface area (Å²) in [6.07, 6.45) is 16.5. The quantitative estimate of drug-likeness (QED) is 0.327. The van der Waals surface area contributed by atoms with Gasteiger partial charge in [-0.2, -0.15) is 5.26 Å². The highest BCUT2D eigenvalue weighted by atomic mass is 19.1. The maximum atomic E-state index is 18.0. The van der Waals surface area contributed by atoms with Crippen molar-refractivity contribution in [3.63, 3.8) is 0 Å². The molecular weight excluding hydrogens is 493 g/mol. The number of halogens is 1. The Balaban J connectivity index is 1.92. The van der Waals surface area contributed by atoms with Crippen LogP contribution in [-0.2, 0) is 14.3 Å². The Morgan fingerprint density at radius 1 is 0.769 bits per heavy atom. The number of hydrogen-bond acceptors (Lipinski definition) is 4. The van der Waals surface area contributed by atoms with Gasteiger partial charge in [-0.3, -0.25) is 4.79 Å². The van der Waals surface area contributed by atoms with E-state index in [2.05, 4.69) is 6.07 Å². The van der Waals surface area contributed by atoms with Gasteiger partial charge in [-0.15, -0.1) is 0 Å². The van der Waals surface area contributed by atoms with Gasteiger partial charge in [0.2, 0.25) is 5.67 Å². The van der Waals surface area contributed by atoms with Gasteiger partial charge >= 0.3 is 11.9 Å². The number of aliphatic carboxylic acids is 1. The Morgan fingerprint density at radius 3 is 1.64 bits per heavy atom. The average Bonchev–Trinajstić information content (AvgIpc) is 3.69. The van der Waals surface area contributed by atoms with E-state index < -0.39 is 27.9 Å². The van der Waals surface area contributed by atoms with Crippen molar-refractivity contribution in [3.05, 3.63) is 0 Å². The summed E-state index contributed by atoms with van der Waals surface area (Å²) < 4.78 is 24.0. The van der Waals surface area contributed by atoms with Crippen LogP contribution < -0.4 is 0 Å². The molecule has 4 atom stereocenters. The Hall–Kier alpha value is -1.64. The smallest absolute Gasteiger partial charge is 0.343 e.